The fraction of sp³-hybridized carbons (Fsp3) is 0.533. The first kappa shape index (κ1) is 17.3. The van der Waals surface area contributed by atoms with Gasteiger partial charge in [0.25, 0.3) is 0 Å². The predicted octanol–water partition coefficient (Wildman–Crippen LogP) is 3.45. The molecule has 0 spiro atoms. The van der Waals surface area contributed by atoms with Crippen LogP contribution in [0.15, 0.2) is 18.2 Å². The molecular weight excluding hydrogens is 297 g/mol. The van der Waals surface area contributed by atoms with E-state index >= 15 is 0 Å². The Bertz CT molecular complexity index is 469. The van der Waals surface area contributed by atoms with Gasteiger partial charge >= 0.3 is 0 Å². The first-order chi connectivity index (χ1) is 9.24. The molecule has 0 saturated heterocycles. The van der Waals surface area contributed by atoms with Gasteiger partial charge in [0.05, 0.1) is 16.5 Å². The number of benzene rings is 1. The summed E-state index contributed by atoms with van der Waals surface area (Å²) < 4.78 is 0. The van der Waals surface area contributed by atoms with Crippen LogP contribution in [0.5, 0.6) is 0 Å². The Labute approximate surface area is 130 Å². The molecule has 1 atom stereocenters. The monoisotopic (exact) mass is 317 g/mol. The third-order valence-corrected chi connectivity index (χ3v) is 3.89. The molecule has 0 aliphatic rings. The van der Waals surface area contributed by atoms with Gasteiger partial charge in [0.15, 0.2) is 0 Å². The molecule has 20 heavy (non-hydrogen) atoms. The number of aliphatic hydroxyl groups is 1. The number of carbonyl (C=O) groups excluding carboxylic acids is 1. The topological polar surface area (TPSA) is 49.3 Å². The predicted molar refractivity (Wildman–Crippen MR) is 83.3 cm³/mol. The van der Waals surface area contributed by atoms with Crippen LogP contribution in [0.2, 0.25) is 10.0 Å². The number of hydrogen-bond donors (Lipinski definition) is 2. The Morgan fingerprint density at radius 2 is 1.95 bits per heavy atom. The highest BCUT2D eigenvalue weighted by atomic mass is 35.5. The molecule has 0 radical (unpaired) electrons. The highest BCUT2D eigenvalue weighted by Crippen LogP contribution is 2.24. The lowest BCUT2D eigenvalue weighted by Gasteiger charge is -2.31. The number of amides is 1. The molecular formula is C15H21Cl2NO2. The molecule has 0 bridgehead atoms. The van der Waals surface area contributed by atoms with Crippen molar-refractivity contribution < 1.29 is 9.90 Å². The van der Waals surface area contributed by atoms with Crippen LogP contribution in [0.1, 0.15) is 32.8 Å². The van der Waals surface area contributed by atoms with Gasteiger partial charge in [-0.2, -0.15) is 0 Å². The molecule has 0 heterocycles. The van der Waals surface area contributed by atoms with Gasteiger partial charge in [-0.25, -0.2) is 0 Å². The van der Waals surface area contributed by atoms with Crippen LogP contribution in [-0.2, 0) is 11.2 Å². The van der Waals surface area contributed by atoms with Gasteiger partial charge in [-0.1, -0.05) is 50.0 Å². The van der Waals surface area contributed by atoms with E-state index in [1.807, 2.05) is 20.8 Å². The Morgan fingerprint density at radius 1 is 1.30 bits per heavy atom. The number of halogens is 2. The van der Waals surface area contributed by atoms with E-state index in [0.717, 1.165) is 5.56 Å². The number of nitrogens with one attached hydrogen (secondary N) is 1. The molecule has 0 aliphatic heterocycles. The summed E-state index contributed by atoms with van der Waals surface area (Å²) in [4.78, 5) is 12.1. The smallest absolute Gasteiger partial charge is 0.224 e. The van der Waals surface area contributed by atoms with E-state index in [1.165, 1.54) is 0 Å². The van der Waals surface area contributed by atoms with Crippen LogP contribution in [0.25, 0.3) is 0 Å². The van der Waals surface area contributed by atoms with Crippen molar-refractivity contribution in [2.75, 3.05) is 6.61 Å². The molecule has 112 valence electrons. The second-order valence-electron chi connectivity index (χ2n) is 5.92. The molecule has 0 fully saturated rings. The van der Waals surface area contributed by atoms with Crippen molar-refractivity contribution in [1.82, 2.24) is 5.32 Å². The summed E-state index contributed by atoms with van der Waals surface area (Å²) in [7, 11) is 0. The van der Waals surface area contributed by atoms with Gasteiger partial charge in [0.1, 0.15) is 0 Å². The molecule has 1 amide bonds. The van der Waals surface area contributed by atoms with Crippen molar-refractivity contribution in [3.63, 3.8) is 0 Å². The van der Waals surface area contributed by atoms with E-state index in [4.69, 9.17) is 28.3 Å². The van der Waals surface area contributed by atoms with Gasteiger partial charge < -0.3 is 10.4 Å². The summed E-state index contributed by atoms with van der Waals surface area (Å²) in [6, 6.07) is 5.09. The number of rotatable bonds is 5. The Kier molecular flexibility index (Phi) is 6.31. The number of carbonyl (C=O) groups is 1. The van der Waals surface area contributed by atoms with E-state index in [-0.39, 0.29) is 30.4 Å². The third kappa shape index (κ3) is 5.31. The van der Waals surface area contributed by atoms with Crippen molar-refractivity contribution in [2.45, 2.75) is 39.7 Å². The zero-order chi connectivity index (χ0) is 15.3. The van der Waals surface area contributed by atoms with Crippen LogP contribution in [0.3, 0.4) is 0 Å². The highest BCUT2D eigenvalue weighted by molar-refractivity contribution is 6.42. The van der Waals surface area contributed by atoms with Crippen molar-refractivity contribution in [1.29, 1.82) is 0 Å². The van der Waals surface area contributed by atoms with Crippen LogP contribution in [0, 0.1) is 5.41 Å². The minimum Gasteiger partial charge on any atom is -0.396 e. The average molecular weight is 318 g/mol. The second-order valence-corrected chi connectivity index (χ2v) is 6.74. The Morgan fingerprint density at radius 3 is 2.45 bits per heavy atom. The molecule has 3 nitrogen and oxygen atoms in total. The van der Waals surface area contributed by atoms with Crippen molar-refractivity contribution in [2.24, 2.45) is 5.41 Å². The summed E-state index contributed by atoms with van der Waals surface area (Å²) in [5.41, 5.74) is 0.712. The summed E-state index contributed by atoms with van der Waals surface area (Å²) in [5, 5.41) is 13.0. The maximum absolute atomic E-state index is 12.1. The van der Waals surface area contributed by atoms with E-state index in [1.54, 1.807) is 18.2 Å². The van der Waals surface area contributed by atoms with E-state index in [9.17, 15) is 4.79 Å². The molecule has 1 aromatic carbocycles. The van der Waals surface area contributed by atoms with Gasteiger partial charge in [0, 0.05) is 12.6 Å². The fourth-order valence-corrected chi connectivity index (χ4v) is 2.25. The van der Waals surface area contributed by atoms with Gasteiger partial charge in [-0.15, -0.1) is 0 Å². The van der Waals surface area contributed by atoms with Crippen LogP contribution in [-0.4, -0.2) is 23.7 Å². The maximum atomic E-state index is 12.1. The van der Waals surface area contributed by atoms with Crippen LogP contribution < -0.4 is 5.32 Å². The molecule has 2 N–H and O–H groups in total. The van der Waals surface area contributed by atoms with Crippen molar-refractivity contribution in [3.05, 3.63) is 33.8 Å². The normalized spacial score (nSPS) is 13.1. The van der Waals surface area contributed by atoms with Gasteiger partial charge in [0.2, 0.25) is 5.91 Å². The molecule has 1 aromatic rings. The summed E-state index contributed by atoms with van der Waals surface area (Å²) in [6.07, 6.45) is 0.783. The largest absolute Gasteiger partial charge is 0.396 e. The molecule has 1 unspecified atom stereocenters. The minimum atomic E-state index is -0.101. The first-order valence-electron chi connectivity index (χ1n) is 6.58. The summed E-state index contributed by atoms with van der Waals surface area (Å²) in [5.74, 6) is -0.0863. The van der Waals surface area contributed by atoms with Crippen LogP contribution in [0.4, 0.5) is 0 Å². The summed E-state index contributed by atoms with van der Waals surface area (Å²) in [6.45, 7) is 6.15. The molecule has 5 heteroatoms. The molecule has 1 rings (SSSR count). The number of aliphatic hydroxyl groups excluding tert-OH is 1. The zero-order valence-corrected chi connectivity index (χ0v) is 13.6. The van der Waals surface area contributed by atoms with Gasteiger partial charge in [-0.3, -0.25) is 4.79 Å². The Balaban J connectivity index is 2.68. The quantitative estimate of drug-likeness (QED) is 0.873. The Hall–Kier alpha value is -0.770. The zero-order valence-electron chi connectivity index (χ0n) is 12.0. The molecule has 0 saturated carbocycles. The summed E-state index contributed by atoms with van der Waals surface area (Å²) >= 11 is 11.8. The lowest BCUT2D eigenvalue weighted by molar-refractivity contribution is -0.122. The number of hydrogen-bond acceptors (Lipinski definition) is 2. The van der Waals surface area contributed by atoms with Crippen LogP contribution >= 0.6 is 23.2 Å². The lowest BCUT2D eigenvalue weighted by atomic mass is 9.85. The van der Waals surface area contributed by atoms with Crippen molar-refractivity contribution >= 4 is 29.1 Å². The highest BCUT2D eigenvalue weighted by Gasteiger charge is 2.25. The standard InChI is InChI=1S/C15H21Cl2NO2/c1-15(2,3)13(6-7-19)18-14(20)9-10-4-5-11(16)12(17)8-10/h4-5,8,13,19H,6-7,9H2,1-3H3,(H,18,20). The van der Waals surface area contributed by atoms with E-state index < -0.39 is 0 Å². The second kappa shape index (κ2) is 7.30. The van der Waals surface area contributed by atoms with E-state index in [2.05, 4.69) is 5.32 Å². The molecule has 0 aromatic heterocycles. The van der Waals surface area contributed by atoms with Crippen molar-refractivity contribution in [3.8, 4) is 0 Å². The maximum Gasteiger partial charge on any atom is 0.224 e. The average Bonchev–Trinajstić information content (AvgIpc) is 2.32. The third-order valence-electron chi connectivity index (χ3n) is 3.15. The fourth-order valence-electron chi connectivity index (χ4n) is 1.93. The van der Waals surface area contributed by atoms with Gasteiger partial charge in [-0.05, 0) is 29.5 Å². The first-order valence-corrected chi connectivity index (χ1v) is 7.33. The molecule has 0 aliphatic carbocycles. The lowest BCUT2D eigenvalue weighted by Crippen LogP contribution is -2.44. The SMILES string of the molecule is CC(C)(C)C(CCO)NC(=O)Cc1ccc(Cl)c(Cl)c1. The minimum absolute atomic E-state index is 0.0506. The van der Waals surface area contributed by atoms with E-state index in [0.29, 0.717) is 16.5 Å².